The van der Waals surface area contributed by atoms with E-state index < -0.39 is 15.9 Å². The standard InChI is InChI=1S/C15H13N3O3S/c1-22(20,21)18-14-8-3-2-7-13(14)17-15(19)12-6-4-5-11(9-12)10-16/h2-9,18H,1H3,(H,17,19). The Morgan fingerprint density at radius 1 is 1.09 bits per heavy atom. The van der Waals surface area contributed by atoms with Crippen LogP contribution in [0.5, 0.6) is 0 Å². The molecular formula is C15H13N3O3S. The second-order valence-electron chi connectivity index (χ2n) is 4.57. The van der Waals surface area contributed by atoms with Gasteiger partial charge >= 0.3 is 0 Å². The van der Waals surface area contributed by atoms with Crippen LogP contribution in [0.15, 0.2) is 48.5 Å². The van der Waals surface area contributed by atoms with E-state index in [4.69, 9.17) is 5.26 Å². The first kappa shape index (κ1) is 15.5. The number of carbonyl (C=O) groups is 1. The number of hydrogen-bond donors (Lipinski definition) is 2. The Morgan fingerprint density at radius 3 is 2.41 bits per heavy atom. The number of nitrogens with one attached hydrogen (secondary N) is 2. The number of nitrogens with zero attached hydrogens (tertiary/aromatic N) is 1. The molecule has 0 unspecified atom stereocenters. The lowest BCUT2D eigenvalue weighted by Crippen LogP contribution is -2.16. The molecule has 0 radical (unpaired) electrons. The van der Waals surface area contributed by atoms with Gasteiger partial charge in [0, 0.05) is 5.56 Å². The molecule has 0 aliphatic heterocycles. The molecule has 2 aromatic carbocycles. The van der Waals surface area contributed by atoms with Crippen molar-refractivity contribution in [3.8, 4) is 6.07 Å². The third-order valence-corrected chi connectivity index (χ3v) is 3.32. The summed E-state index contributed by atoms with van der Waals surface area (Å²) < 4.78 is 25.0. The Hall–Kier alpha value is -2.85. The molecule has 7 heteroatoms. The van der Waals surface area contributed by atoms with Crippen LogP contribution in [0.2, 0.25) is 0 Å². The predicted molar refractivity (Wildman–Crippen MR) is 84.0 cm³/mol. The molecule has 0 aliphatic carbocycles. The van der Waals surface area contributed by atoms with Gasteiger partial charge in [0.05, 0.1) is 29.3 Å². The molecule has 2 N–H and O–H groups in total. The van der Waals surface area contributed by atoms with Crippen LogP contribution >= 0.6 is 0 Å². The summed E-state index contributed by atoms with van der Waals surface area (Å²) >= 11 is 0. The largest absolute Gasteiger partial charge is 0.320 e. The highest BCUT2D eigenvalue weighted by Crippen LogP contribution is 2.22. The number of anilines is 2. The van der Waals surface area contributed by atoms with Crippen molar-refractivity contribution in [3.05, 3.63) is 59.7 Å². The van der Waals surface area contributed by atoms with Crippen molar-refractivity contribution >= 4 is 27.3 Å². The van der Waals surface area contributed by atoms with Crippen molar-refractivity contribution in [2.75, 3.05) is 16.3 Å². The zero-order valence-corrected chi connectivity index (χ0v) is 12.5. The number of rotatable bonds is 4. The highest BCUT2D eigenvalue weighted by atomic mass is 32.2. The Balaban J connectivity index is 2.27. The van der Waals surface area contributed by atoms with E-state index in [1.54, 1.807) is 42.5 Å². The molecular weight excluding hydrogens is 302 g/mol. The van der Waals surface area contributed by atoms with E-state index in [2.05, 4.69) is 10.0 Å². The number of hydrogen-bond acceptors (Lipinski definition) is 4. The maximum absolute atomic E-state index is 12.2. The van der Waals surface area contributed by atoms with Crippen molar-refractivity contribution in [2.45, 2.75) is 0 Å². The summed E-state index contributed by atoms with van der Waals surface area (Å²) in [7, 11) is -3.46. The summed E-state index contributed by atoms with van der Waals surface area (Å²) in [6, 6.07) is 14.6. The Morgan fingerprint density at radius 2 is 1.77 bits per heavy atom. The summed E-state index contributed by atoms with van der Waals surface area (Å²) in [5, 5.41) is 11.5. The van der Waals surface area contributed by atoms with Crippen molar-refractivity contribution in [1.29, 1.82) is 5.26 Å². The Bertz CT molecular complexity index is 854. The fourth-order valence-corrected chi connectivity index (χ4v) is 2.38. The summed E-state index contributed by atoms with van der Waals surface area (Å²) in [6.45, 7) is 0. The summed E-state index contributed by atoms with van der Waals surface area (Å²) in [5.41, 5.74) is 1.29. The molecule has 0 aliphatic rings. The van der Waals surface area contributed by atoms with Crippen molar-refractivity contribution in [2.24, 2.45) is 0 Å². The van der Waals surface area contributed by atoms with Crippen LogP contribution in [-0.2, 0) is 10.0 Å². The third kappa shape index (κ3) is 4.07. The van der Waals surface area contributed by atoms with Crippen molar-refractivity contribution < 1.29 is 13.2 Å². The second-order valence-corrected chi connectivity index (χ2v) is 6.31. The molecule has 0 bridgehead atoms. The van der Waals surface area contributed by atoms with E-state index in [1.807, 2.05) is 6.07 Å². The molecule has 22 heavy (non-hydrogen) atoms. The quantitative estimate of drug-likeness (QED) is 0.903. The smallest absolute Gasteiger partial charge is 0.255 e. The summed E-state index contributed by atoms with van der Waals surface area (Å²) in [4.78, 5) is 12.2. The molecule has 1 amide bonds. The fourth-order valence-electron chi connectivity index (χ4n) is 1.81. The fraction of sp³-hybridized carbons (Fsp3) is 0.0667. The van der Waals surface area contributed by atoms with Gasteiger partial charge in [-0.15, -0.1) is 0 Å². The molecule has 0 spiro atoms. The molecule has 0 saturated heterocycles. The first-order valence-electron chi connectivity index (χ1n) is 6.27. The number of para-hydroxylation sites is 2. The first-order valence-corrected chi connectivity index (χ1v) is 8.16. The molecule has 2 rings (SSSR count). The van der Waals surface area contributed by atoms with Gasteiger partial charge in [-0.25, -0.2) is 8.42 Å². The normalized spacial score (nSPS) is 10.5. The number of sulfonamides is 1. The van der Waals surface area contributed by atoms with Crippen molar-refractivity contribution in [1.82, 2.24) is 0 Å². The molecule has 0 saturated carbocycles. The average Bonchev–Trinajstić information content (AvgIpc) is 2.48. The molecule has 0 atom stereocenters. The van der Waals surface area contributed by atoms with Crippen LogP contribution in [0, 0.1) is 11.3 Å². The van der Waals surface area contributed by atoms with Crippen LogP contribution in [0.4, 0.5) is 11.4 Å². The second kappa shape index (κ2) is 6.28. The van der Waals surface area contributed by atoms with E-state index >= 15 is 0 Å². The highest BCUT2D eigenvalue weighted by Gasteiger charge is 2.11. The molecule has 0 fully saturated rings. The Kier molecular flexibility index (Phi) is 4.44. The van der Waals surface area contributed by atoms with Crippen molar-refractivity contribution in [3.63, 3.8) is 0 Å². The van der Waals surface area contributed by atoms with Crippen LogP contribution < -0.4 is 10.0 Å². The van der Waals surface area contributed by atoms with E-state index in [-0.39, 0.29) is 5.69 Å². The zero-order valence-electron chi connectivity index (χ0n) is 11.7. The van der Waals surface area contributed by atoms with Gasteiger partial charge in [0.15, 0.2) is 0 Å². The van der Waals surface area contributed by atoms with Gasteiger partial charge in [-0.1, -0.05) is 18.2 Å². The minimum atomic E-state index is -3.46. The minimum Gasteiger partial charge on any atom is -0.320 e. The maximum atomic E-state index is 12.2. The molecule has 2 aromatic rings. The van der Waals surface area contributed by atoms with Gasteiger partial charge in [0.2, 0.25) is 10.0 Å². The number of nitriles is 1. The lowest BCUT2D eigenvalue weighted by Gasteiger charge is -2.11. The average molecular weight is 315 g/mol. The van der Waals surface area contributed by atoms with Crippen LogP contribution in [0.3, 0.4) is 0 Å². The molecule has 112 valence electrons. The van der Waals surface area contributed by atoms with Gasteiger partial charge in [-0.05, 0) is 30.3 Å². The number of carbonyl (C=O) groups excluding carboxylic acids is 1. The topological polar surface area (TPSA) is 99.1 Å². The number of benzene rings is 2. The lowest BCUT2D eigenvalue weighted by atomic mass is 10.1. The SMILES string of the molecule is CS(=O)(=O)Nc1ccccc1NC(=O)c1cccc(C#N)c1. The third-order valence-electron chi connectivity index (χ3n) is 2.72. The van der Waals surface area contributed by atoms with Crippen LogP contribution in [0.25, 0.3) is 0 Å². The monoisotopic (exact) mass is 315 g/mol. The molecule has 6 nitrogen and oxygen atoms in total. The molecule has 0 heterocycles. The van der Waals surface area contributed by atoms with Gasteiger partial charge < -0.3 is 5.32 Å². The van der Waals surface area contributed by atoms with Crippen LogP contribution in [-0.4, -0.2) is 20.6 Å². The van der Waals surface area contributed by atoms with Crippen LogP contribution in [0.1, 0.15) is 15.9 Å². The minimum absolute atomic E-state index is 0.273. The highest BCUT2D eigenvalue weighted by molar-refractivity contribution is 7.92. The van der Waals surface area contributed by atoms with Gasteiger partial charge in [0.25, 0.3) is 5.91 Å². The van der Waals surface area contributed by atoms with E-state index in [0.717, 1.165) is 6.26 Å². The van der Waals surface area contributed by atoms with Gasteiger partial charge in [-0.2, -0.15) is 5.26 Å². The van der Waals surface area contributed by atoms with E-state index in [1.165, 1.54) is 6.07 Å². The number of amides is 1. The Labute approximate surface area is 128 Å². The lowest BCUT2D eigenvalue weighted by molar-refractivity contribution is 0.102. The summed E-state index contributed by atoms with van der Waals surface area (Å²) in [5.74, 6) is -0.431. The zero-order chi connectivity index (χ0) is 16.2. The van der Waals surface area contributed by atoms with E-state index in [9.17, 15) is 13.2 Å². The first-order chi connectivity index (χ1) is 10.4. The van der Waals surface area contributed by atoms with Gasteiger partial charge in [0.1, 0.15) is 0 Å². The summed E-state index contributed by atoms with van der Waals surface area (Å²) in [6.07, 6.45) is 1.03. The van der Waals surface area contributed by atoms with E-state index in [0.29, 0.717) is 16.8 Å². The maximum Gasteiger partial charge on any atom is 0.255 e. The van der Waals surface area contributed by atoms with Gasteiger partial charge in [-0.3, -0.25) is 9.52 Å². The molecule has 0 aromatic heterocycles. The predicted octanol–water partition coefficient (Wildman–Crippen LogP) is 2.18.